The number of rotatable bonds is 4. The zero-order valence-corrected chi connectivity index (χ0v) is 5.13. The molecule has 0 aromatic rings. The zero-order chi connectivity index (χ0) is 7.28. The van der Waals surface area contributed by atoms with Crippen molar-refractivity contribution in [2.45, 2.75) is 12.6 Å². The van der Waals surface area contributed by atoms with Gasteiger partial charge in [-0.05, 0) is 0 Å². The van der Waals surface area contributed by atoms with E-state index in [1.54, 1.807) is 0 Å². The topological polar surface area (TPSA) is 46.5 Å². The first-order valence-corrected chi connectivity index (χ1v) is 2.54. The van der Waals surface area contributed by atoms with Gasteiger partial charge in [-0.25, -0.2) is 9.18 Å². The second kappa shape index (κ2) is 4.26. The minimum atomic E-state index is -1.79. The molecule has 0 radical (unpaired) electrons. The molecule has 0 bridgehead atoms. The van der Waals surface area contributed by atoms with E-state index in [1.807, 2.05) is 0 Å². The quantitative estimate of drug-likeness (QED) is 0.610. The van der Waals surface area contributed by atoms with E-state index in [0.29, 0.717) is 0 Å². The van der Waals surface area contributed by atoms with Crippen molar-refractivity contribution in [1.82, 2.24) is 0 Å². The minimum absolute atomic E-state index is 0.0775. The summed E-state index contributed by atoms with van der Waals surface area (Å²) in [7, 11) is 1.40. The highest BCUT2D eigenvalue weighted by Crippen LogP contribution is 1.96. The summed E-state index contributed by atoms with van der Waals surface area (Å²) in [4.78, 5) is 9.77. The maximum absolute atomic E-state index is 12.0. The molecule has 0 aliphatic rings. The summed E-state index contributed by atoms with van der Waals surface area (Å²) in [6.45, 7) is 0.146. The smallest absolute Gasteiger partial charge is 0.338 e. The molecule has 0 rings (SSSR count). The lowest BCUT2D eigenvalue weighted by Gasteiger charge is -1.99. The Morgan fingerprint density at radius 1 is 1.89 bits per heavy atom. The van der Waals surface area contributed by atoms with Crippen LogP contribution < -0.4 is 0 Å². The fourth-order valence-electron chi connectivity index (χ4n) is 0.345. The third kappa shape index (κ3) is 3.90. The summed E-state index contributed by atoms with van der Waals surface area (Å²) in [6, 6.07) is 0. The molecule has 0 saturated heterocycles. The molecule has 0 spiro atoms. The lowest BCUT2D eigenvalue weighted by atomic mass is 10.3. The van der Waals surface area contributed by atoms with Crippen LogP contribution in [0.15, 0.2) is 0 Å². The van der Waals surface area contributed by atoms with Crippen LogP contribution in [0, 0.1) is 0 Å². The van der Waals surface area contributed by atoms with Crippen LogP contribution >= 0.6 is 0 Å². The fraction of sp³-hybridized carbons (Fsp3) is 0.800. The van der Waals surface area contributed by atoms with Crippen LogP contribution in [0.25, 0.3) is 0 Å². The highest BCUT2D eigenvalue weighted by atomic mass is 19.1. The number of alkyl halides is 1. The van der Waals surface area contributed by atoms with Crippen molar-refractivity contribution in [1.29, 1.82) is 0 Å². The Balaban J connectivity index is 3.27. The highest BCUT2D eigenvalue weighted by molar-refractivity contribution is 5.71. The Labute approximate surface area is 52.4 Å². The Bertz CT molecular complexity index is 94.2. The van der Waals surface area contributed by atoms with Crippen LogP contribution in [0.5, 0.6) is 0 Å². The van der Waals surface area contributed by atoms with Crippen molar-refractivity contribution in [2.24, 2.45) is 0 Å². The van der Waals surface area contributed by atoms with E-state index in [9.17, 15) is 9.18 Å². The van der Waals surface area contributed by atoms with Gasteiger partial charge in [0.1, 0.15) is 0 Å². The first kappa shape index (κ1) is 8.36. The van der Waals surface area contributed by atoms with E-state index in [2.05, 4.69) is 4.74 Å². The molecule has 0 aromatic carbocycles. The van der Waals surface area contributed by atoms with E-state index in [-0.39, 0.29) is 13.0 Å². The van der Waals surface area contributed by atoms with E-state index in [1.165, 1.54) is 7.11 Å². The number of methoxy groups -OCH3 is 1. The molecule has 1 N–H and O–H groups in total. The number of halogens is 1. The lowest BCUT2D eigenvalue weighted by Crippen LogP contribution is -2.16. The molecule has 4 heteroatoms. The van der Waals surface area contributed by atoms with Crippen LogP contribution in [0.4, 0.5) is 4.39 Å². The number of hydrogen-bond donors (Lipinski definition) is 1. The number of hydrogen-bond acceptors (Lipinski definition) is 2. The second-order valence-corrected chi connectivity index (χ2v) is 1.59. The molecule has 0 aromatic heterocycles. The van der Waals surface area contributed by atoms with Crippen LogP contribution in [-0.4, -0.2) is 31.0 Å². The summed E-state index contributed by atoms with van der Waals surface area (Å²) in [5.41, 5.74) is 0. The van der Waals surface area contributed by atoms with Crippen molar-refractivity contribution < 1.29 is 19.0 Å². The molecule has 0 unspecified atom stereocenters. The Kier molecular flexibility index (Phi) is 3.96. The number of carbonyl (C=O) groups is 1. The molecule has 0 heterocycles. The average Bonchev–Trinajstić information content (AvgIpc) is 1.82. The van der Waals surface area contributed by atoms with E-state index < -0.39 is 12.1 Å². The van der Waals surface area contributed by atoms with E-state index in [0.717, 1.165) is 0 Å². The SMILES string of the molecule is COCC[C@@H](F)C(=O)O. The van der Waals surface area contributed by atoms with E-state index in [4.69, 9.17) is 5.11 Å². The maximum Gasteiger partial charge on any atom is 0.338 e. The first-order valence-electron chi connectivity index (χ1n) is 2.54. The Morgan fingerprint density at radius 2 is 2.44 bits per heavy atom. The van der Waals surface area contributed by atoms with Gasteiger partial charge >= 0.3 is 5.97 Å². The van der Waals surface area contributed by atoms with Crippen molar-refractivity contribution in [3.8, 4) is 0 Å². The van der Waals surface area contributed by atoms with Gasteiger partial charge in [0.2, 0.25) is 0 Å². The predicted molar refractivity (Wildman–Crippen MR) is 29.0 cm³/mol. The molecule has 3 nitrogen and oxygen atoms in total. The van der Waals surface area contributed by atoms with Gasteiger partial charge in [0, 0.05) is 20.1 Å². The predicted octanol–water partition coefficient (Wildman–Crippen LogP) is 0.446. The summed E-state index contributed by atoms with van der Waals surface area (Å²) >= 11 is 0. The summed E-state index contributed by atoms with van der Waals surface area (Å²) in [6.07, 6.45) is -1.86. The molecular formula is C5H9FO3. The maximum atomic E-state index is 12.0. The molecule has 9 heavy (non-hydrogen) atoms. The van der Waals surface area contributed by atoms with E-state index >= 15 is 0 Å². The third-order valence-corrected chi connectivity index (χ3v) is 0.843. The first-order chi connectivity index (χ1) is 4.18. The average molecular weight is 136 g/mol. The molecular weight excluding hydrogens is 127 g/mol. The summed E-state index contributed by atoms with van der Waals surface area (Å²) in [5.74, 6) is -1.42. The lowest BCUT2D eigenvalue weighted by molar-refractivity contribution is -0.143. The van der Waals surface area contributed by atoms with Gasteiger partial charge in [0.15, 0.2) is 6.17 Å². The highest BCUT2D eigenvalue weighted by Gasteiger charge is 2.13. The monoisotopic (exact) mass is 136 g/mol. The summed E-state index contributed by atoms with van der Waals surface area (Å²) in [5, 5.41) is 7.98. The normalized spacial score (nSPS) is 13.1. The summed E-state index contributed by atoms with van der Waals surface area (Å²) < 4.78 is 16.5. The largest absolute Gasteiger partial charge is 0.479 e. The standard InChI is InChI=1S/C5H9FO3/c1-9-3-2-4(6)5(7)8/h4H,2-3H2,1H3,(H,7,8)/t4-/m1/s1. The van der Waals surface area contributed by atoms with Crippen LogP contribution in [0.1, 0.15) is 6.42 Å². The van der Waals surface area contributed by atoms with Gasteiger partial charge < -0.3 is 9.84 Å². The molecule has 0 fully saturated rings. The molecule has 0 aliphatic carbocycles. The molecule has 1 atom stereocenters. The number of carboxylic acid groups (broad SMARTS) is 1. The zero-order valence-electron chi connectivity index (χ0n) is 5.13. The number of carboxylic acids is 1. The molecule has 54 valence electrons. The fourth-order valence-corrected chi connectivity index (χ4v) is 0.345. The van der Waals surface area contributed by atoms with Crippen LogP contribution in [-0.2, 0) is 9.53 Å². The second-order valence-electron chi connectivity index (χ2n) is 1.59. The van der Waals surface area contributed by atoms with Crippen molar-refractivity contribution >= 4 is 5.97 Å². The van der Waals surface area contributed by atoms with Gasteiger partial charge in [-0.2, -0.15) is 0 Å². The Morgan fingerprint density at radius 3 is 2.78 bits per heavy atom. The number of aliphatic carboxylic acids is 1. The number of ether oxygens (including phenoxy) is 1. The molecule has 0 amide bonds. The van der Waals surface area contributed by atoms with Crippen molar-refractivity contribution in [2.75, 3.05) is 13.7 Å². The molecule has 0 saturated carbocycles. The Hall–Kier alpha value is -0.640. The third-order valence-electron chi connectivity index (χ3n) is 0.843. The van der Waals surface area contributed by atoms with Gasteiger partial charge in [-0.1, -0.05) is 0 Å². The van der Waals surface area contributed by atoms with Gasteiger partial charge in [0.25, 0.3) is 0 Å². The van der Waals surface area contributed by atoms with Crippen molar-refractivity contribution in [3.63, 3.8) is 0 Å². The van der Waals surface area contributed by atoms with Crippen LogP contribution in [0.2, 0.25) is 0 Å². The van der Waals surface area contributed by atoms with Gasteiger partial charge in [-0.3, -0.25) is 0 Å². The van der Waals surface area contributed by atoms with Crippen LogP contribution in [0.3, 0.4) is 0 Å². The van der Waals surface area contributed by atoms with Gasteiger partial charge in [-0.15, -0.1) is 0 Å². The molecule has 0 aliphatic heterocycles. The minimum Gasteiger partial charge on any atom is -0.479 e. The van der Waals surface area contributed by atoms with Gasteiger partial charge in [0.05, 0.1) is 0 Å². The van der Waals surface area contributed by atoms with Crippen molar-refractivity contribution in [3.05, 3.63) is 0 Å².